The first kappa shape index (κ1) is 43.9. The normalized spacial score (nSPS) is 11.5. The highest BCUT2D eigenvalue weighted by atomic mass is 16.2. The lowest BCUT2D eigenvalue weighted by molar-refractivity contribution is -0.122. The molecule has 0 atom stereocenters. The second kappa shape index (κ2) is 35.7. The molecule has 0 aliphatic heterocycles. The van der Waals surface area contributed by atoms with E-state index in [1.54, 1.807) is 0 Å². The Morgan fingerprint density at radius 2 is 0.644 bits per heavy atom. The van der Waals surface area contributed by atoms with Crippen molar-refractivity contribution < 1.29 is 9.59 Å². The van der Waals surface area contributed by atoms with E-state index < -0.39 is 0 Å². The number of unbranched alkanes of at least 4 members (excludes halogenated alkanes) is 22. The van der Waals surface area contributed by atoms with Crippen LogP contribution in [0, 0.1) is 0 Å². The van der Waals surface area contributed by atoms with Crippen LogP contribution in [0.4, 0.5) is 0 Å². The van der Waals surface area contributed by atoms with Crippen LogP contribution in [0.2, 0.25) is 0 Å². The molecule has 0 unspecified atom stereocenters. The summed E-state index contributed by atoms with van der Waals surface area (Å²) in [6.07, 6.45) is 34.4. The lowest BCUT2D eigenvalue weighted by Crippen LogP contribution is -2.32. The standard InChI is InChI=1S/C39H80N4O2/c1-5-7-9-11-13-15-17-19-21-23-25-27-32-40-38(44)30-36-42(3)34-29-35-43(4)37-31-39(45)41-33-28-26-24-22-20-18-16-14-12-10-8-6-2/h5-37H2,1-4H3,(H,40,44)(H,41,45). The fourth-order valence-corrected chi connectivity index (χ4v) is 5.98. The average Bonchev–Trinajstić information content (AvgIpc) is 3.03. The smallest absolute Gasteiger partial charge is 0.221 e. The van der Waals surface area contributed by atoms with Gasteiger partial charge >= 0.3 is 0 Å². The summed E-state index contributed by atoms with van der Waals surface area (Å²) in [6, 6.07) is 0. The summed E-state index contributed by atoms with van der Waals surface area (Å²) in [7, 11) is 4.20. The fourth-order valence-electron chi connectivity index (χ4n) is 5.98. The lowest BCUT2D eigenvalue weighted by atomic mass is 10.1. The minimum Gasteiger partial charge on any atom is -0.356 e. The van der Waals surface area contributed by atoms with Gasteiger partial charge in [0.15, 0.2) is 0 Å². The highest BCUT2D eigenvalue weighted by Crippen LogP contribution is 2.13. The number of carbonyl (C=O) groups is 2. The van der Waals surface area contributed by atoms with Crippen molar-refractivity contribution in [3.63, 3.8) is 0 Å². The summed E-state index contributed by atoms with van der Waals surface area (Å²) in [6.45, 7) is 9.74. The van der Waals surface area contributed by atoms with Gasteiger partial charge in [-0.1, -0.05) is 155 Å². The molecule has 6 heteroatoms. The zero-order chi connectivity index (χ0) is 33.1. The summed E-state index contributed by atoms with van der Waals surface area (Å²) >= 11 is 0. The van der Waals surface area contributed by atoms with E-state index in [-0.39, 0.29) is 11.8 Å². The van der Waals surface area contributed by atoms with E-state index in [2.05, 4.69) is 48.4 Å². The molecular formula is C39H80N4O2. The van der Waals surface area contributed by atoms with E-state index in [1.807, 2.05) is 0 Å². The second-order valence-corrected chi connectivity index (χ2v) is 13.9. The summed E-state index contributed by atoms with van der Waals surface area (Å²) in [5.41, 5.74) is 0. The van der Waals surface area contributed by atoms with Crippen LogP contribution in [-0.2, 0) is 9.59 Å². The van der Waals surface area contributed by atoms with Gasteiger partial charge < -0.3 is 20.4 Å². The van der Waals surface area contributed by atoms with Crippen molar-refractivity contribution in [3.8, 4) is 0 Å². The van der Waals surface area contributed by atoms with Gasteiger partial charge in [0.1, 0.15) is 0 Å². The van der Waals surface area contributed by atoms with Gasteiger partial charge in [-0.3, -0.25) is 9.59 Å². The Morgan fingerprint density at radius 3 is 0.933 bits per heavy atom. The fraction of sp³-hybridized carbons (Fsp3) is 0.949. The van der Waals surface area contributed by atoms with Gasteiger partial charge in [0.2, 0.25) is 11.8 Å². The number of carbonyl (C=O) groups excluding carboxylic acids is 2. The third-order valence-corrected chi connectivity index (χ3v) is 9.23. The van der Waals surface area contributed by atoms with Gasteiger partial charge in [-0.25, -0.2) is 0 Å². The van der Waals surface area contributed by atoms with Crippen molar-refractivity contribution in [3.05, 3.63) is 0 Å². The van der Waals surface area contributed by atoms with E-state index in [0.29, 0.717) is 12.8 Å². The quantitative estimate of drug-likeness (QED) is 0.0672. The van der Waals surface area contributed by atoms with Gasteiger partial charge in [0.05, 0.1) is 0 Å². The van der Waals surface area contributed by atoms with Crippen LogP contribution < -0.4 is 10.6 Å². The first-order chi connectivity index (χ1) is 22.0. The molecule has 2 amide bonds. The first-order valence-electron chi connectivity index (χ1n) is 19.9. The Labute approximate surface area is 282 Å². The molecule has 0 saturated carbocycles. The first-order valence-corrected chi connectivity index (χ1v) is 19.9. The number of nitrogens with zero attached hydrogens (tertiary/aromatic N) is 2. The molecule has 6 nitrogen and oxygen atoms in total. The van der Waals surface area contributed by atoms with Crippen molar-refractivity contribution in [2.45, 2.75) is 187 Å². The molecule has 268 valence electrons. The predicted octanol–water partition coefficient (Wildman–Crippen LogP) is 9.65. The molecule has 0 spiro atoms. The van der Waals surface area contributed by atoms with Gasteiger partial charge in [0, 0.05) is 39.0 Å². The van der Waals surface area contributed by atoms with Crippen molar-refractivity contribution in [2.75, 3.05) is 53.4 Å². The van der Waals surface area contributed by atoms with E-state index in [9.17, 15) is 9.59 Å². The third-order valence-electron chi connectivity index (χ3n) is 9.23. The van der Waals surface area contributed by atoms with E-state index in [0.717, 1.165) is 58.5 Å². The predicted molar refractivity (Wildman–Crippen MR) is 197 cm³/mol. The Bertz CT molecular complexity index is 578. The third kappa shape index (κ3) is 35.6. The number of hydrogen-bond donors (Lipinski definition) is 2. The summed E-state index contributed by atoms with van der Waals surface area (Å²) in [5.74, 6) is 0.355. The SMILES string of the molecule is CCCCCCCCCCCCCCNC(=O)CCN(C)CCCN(C)CCC(=O)NCCCCCCCCCCCCCC. The highest BCUT2D eigenvalue weighted by molar-refractivity contribution is 5.76. The Hall–Kier alpha value is -1.14. The summed E-state index contributed by atoms with van der Waals surface area (Å²) in [5, 5.41) is 6.21. The summed E-state index contributed by atoms with van der Waals surface area (Å²) < 4.78 is 0. The van der Waals surface area contributed by atoms with Gasteiger partial charge in [0.25, 0.3) is 0 Å². The Balaban J connectivity index is 3.47. The van der Waals surface area contributed by atoms with Crippen molar-refractivity contribution in [2.24, 2.45) is 0 Å². The number of hydrogen-bond acceptors (Lipinski definition) is 4. The lowest BCUT2D eigenvalue weighted by Gasteiger charge is -2.20. The maximum absolute atomic E-state index is 12.2. The molecule has 0 aromatic heterocycles. The Kier molecular flexibility index (Phi) is 34.8. The maximum Gasteiger partial charge on any atom is 0.221 e. The molecule has 0 fully saturated rings. The largest absolute Gasteiger partial charge is 0.356 e. The van der Waals surface area contributed by atoms with Crippen LogP contribution in [0.5, 0.6) is 0 Å². The molecule has 0 aromatic carbocycles. The molecular weight excluding hydrogens is 556 g/mol. The Morgan fingerprint density at radius 1 is 0.378 bits per heavy atom. The molecule has 2 N–H and O–H groups in total. The molecule has 0 radical (unpaired) electrons. The minimum atomic E-state index is 0.177. The van der Waals surface area contributed by atoms with Crippen LogP contribution in [-0.4, -0.2) is 75.0 Å². The van der Waals surface area contributed by atoms with Gasteiger partial charge in [-0.2, -0.15) is 0 Å². The highest BCUT2D eigenvalue weighted by Gasteiger charge is 2.07. The van der Waals surface area contributed by atoms with Gasteiger partial charge in [-0.15, -0.1) is 0 Å². The van der Waals surface area contributed by atoms with E-state index in [1.165, 1.54) is 141 Å². The molecule has 0 rings (SSSR count). The topological polar surface area (TPSA) is 64.7 Å². The molecule has 0 aromatic rings. The molecule has 0 aliphatic carbocycles. The minimum absolute atomic E-state index is 0.177. The molecule has 0 bridgehead atoms. The molecule has 0 saturated heterocycles. The molecule has 0 heterocycles. The van der Waals surface area contributed by atoms with Crippen LogP contribution in [0.3, 0.4) is 0 Å². The summed E-state index contributed by atoms with van der Waals surface area (Å²) in [4.78, 5) is 28.9. The molecule has 0 aliphatic rings. The van der Waals surface area contributed by atoms with Crippen molar-refractivity contribution in [1.29, 1.82) is 0 Å². The molecule has 45 heavy (non-hydrogen) atoms. The maximum atomic E-state index is 12.2. The number of amides is 2. The van der Waals surface area contributed by atoms with Crippen LogP contribution in [0.15, 0.2) is 0 Å². The van der Waals surface area contributed by atoms with E-state index in [4.69, 9.17) is 0 Å². The number of rotatable bonds is 36. The average molecular weight is 637 g/mol. The number of nitrogens with one attached hydrogen (secondary N) is 2. The second-order valence-electron chi connectivity index (χ2n) is 13.9. The van der Waals surface area contributed by atoms with Crippen LogP contribution in [0.1, 0.15) is 187 Å². The van der Waals surface area contributed by atoms with Crippen LogP contribution >= 0.6 is 0 Å². The van der Waals surface area contributed by atoms with Crippen LogP contribution in [0.25, 0.3) is 0 Å². The van der Waals surface area contributed by atoms with Gasteiger partial charge in [-0.05, 0) is 46.4 Å². The van der Waals surface area contributed by atoms with Crippen molar-refractivity contribution >= 4 is 11.8 Å². The monoisotopic (exact) mass is 637 g/mol. The van der Waals surface area contributed by atoms with Crippen molar-refractivity contribution in [1.82, 2.24) is 20.4 Å². The zero-order valence-corrected chi connectivity index (χ0v) is 31.0. The van der Waals surface area contributed by atoms with E-state index >= 15 is 0 Å². The zero-order valence-electron chi connectivity index (χ0n) is 31.0.